The zero-order valence-electron chi connectivity index (χ0n) is 16.5. The fourth-order valence-corrected chi connectivity index (χ4v) is 4.20. The van der Waals surface area contributed by atoms with Crippen molar-refractivity contribution in [3.05, 3.63) is 82.3 Å². The Labute approximate surface area is 194 Å². The minimum atomic E-state index is -3.75. The van der Waals surface area contributed by atoms with E-state index in [9.17, 15) is 13.2 Å². The monoisotopic (exact) mass is 522 g/mol. The van der Waals surface area contributed by atoms with Crippen molar-refractivity contribution in [3.8, 4) is 5.75 Å². The van der Waals surface area contributed by atoms with Crippen molar-refractivity contribution >= 4 is 54.8 Å². The molecule has 3 rings (SSSR count). The lowest BCUT2D eigenvalue weighted by Crippen LogP contribution is -2.32. The number of carbonyl (C=O) groups excluding carboxylic acids is 1. The molecule has 3 aromatic rings. The fraction of sp³-hybridized carbons (Fsp3) is 0.136. The third-order valence-corrected chi connectivity index (χ3v) is 6.43. The second-order valence-corrected chi connectivity index (χ2v) is 9.63. The lowest BCUT2D eigenvalue weighted by atomic mass is 10.2. The van der Waals surface area contributed by atoms with Crippen LogP contribution in [0.5, 0.6) is 5.75 Å². The van der Waals surface area contributed by atoms with Crippen molar-refractivity contribution in [1.29, 1.82) is 0 Å². The maximum Gasteiger partial charge on any atom is 0.265 e. The molecular formula is C22H20BrClN2O4S. The molecule has 31 heavy (non-hydrogen) atoms. The van der Waals surface area contributed by atoms with E-state index in [1.165, 1.54) is 24.3 Å². The van der Waals surface area contributed by atoms with E-state index >= 15 is 0 Å². The summed E-state index contributed by atoms with van der Waals surface area (Å²) in [5.74, 6) is 0.154. The van der Waals surface area contributed by atoms with Crippen molar-refractivity contribution < 1.29 is 17.9 Å². The van der Waals surface area contributed by atoms with Gasteiger partial charge in [-0.3, -0.25) is 9.52 Å². The first-order chi connectivity index (χ1) is 14.8. The summed E-state index contributed by atoms with van der Waals surface area (Å²) >= 11 is 9.26. The SMILES string of the molecule is CC[C@H](Oc1cccc(Cl)c1)C(=O)Nc1ccc(S(=O)(=O)Nc2ccc(Br)cc2)cc1. The van der Waals surface area contributed by atoms with Crippen LogP contribution in [0.2, 0.25) is 5.02 Å². The highest BCUT2D eigenvalue weighted by molar-refractivity contribution is 9.10. The van der Waals surface area contributed by atoms with Crippen LogP contribution in [0.3, 0.4) is 0 Å². The number of sulfonamides is 1. The molecule has 0 aromatic heterocycles. The topological polar surface area (TPSA) is 84.5 Å². The Hall–Kier alpha value is -2.55. The predicted molar refractivity (Wildman–Crippen MR) is 126 cm³/mol. The summed E-state index contributed by atoms with van der Waals surface area (Å²) in [4.78, 5) is 12.7. The Balaban J connectivity index is 1.66. The number of benzene rings is 3. The summed E-state index contributed by atoms with van der Waals surface area (Å²) in [7, 11) is -3.75. The molecule has 0 fully saturated rings. The Bertz CT molecular complexity index is 1150. The molecule has 6 nitrogen and oxygen atoms in total. The summed E-state index contributed by atoms with van der Waals surface area (Å²) < 4.78 is 34.2. The van der Waals surface area contributed by atoms with E-state index in [-0.39, 0.29) is 10.8 Å². The molecule has 1 amide bonds. The van der Waals surface area contributed by atoms with Crippen LogP contribution >= 0.6 is 27.5 Å². The molecule has 0 heterocycles. The first kappa shape index (κ1) is 23.1. The zero-order chi connectivity index (χ0) is 22.4. The molecule has 1 atom stereocenters. The zero-order valence-corrected chi connectivity index (χ0v) is 19.7. The lowest BCUT2D eigenvalue weighted by Gasteiger charge is -2.17. The van der Waals surface area contributed by atoms with Crippen LogP contribution in [0.15, 0.2) is 82.2 Å². The van der Waals surface area contributed by atoms with Crippen LogP contribution in [-0.4, -0.2) is 20.4 Å². The molecule has 0 aliphatic rings. The maximum atomic E-state index is 12.6. The molecule has 0 radical (unpaired) electrons. The molecule has 0 saturated carbocycles. The van der Waals surface area contributed by atoms with Gasteiger partial charge >= 0.3 is 0 Å². The number of hydrogen-bond acceptors (Lipinski definition) is 4. The summed E-state index contributed by atoms with van der Waals surface area (Å²) in [5.41, 5.74) is 0.908. The van der Waals surface area contributed by atoms with Gasteiger partial charge in [0.15, 0.2) is 6.10 Å². The summed E-state index contributed by atoms with van der Waals surface area (Å²) in [6, 6.07) is 19.5. The number of ether oxygens (including phenoxy) is 1. The van der Waals surface area contributed by atoms with E-state index < -0.39 is 16.1 Å². The number of nitrogens with one attached hydrogen (secondary N) is 2. The molecule has 0 aliphatic carbocycles. The molecule has 162 valence electrons. The van der Waals surface area contributed by atoms with Crippen LogP contribution in [0.25, 0.3) is 0 Å². The third-order valence-electron chi connectivity index (χ3n) is 4.27. The minimum absolute atomic E-state index is 0.0793. The number of carbonyl (C=O) groups is 1. The van der Waals surface area contributed by atoms with Crippen molar-refractivity contribution in [2.24, 2.45) is 0 Å². The average molecular weight is 524 g/mol. The second-order valence-electron chi connectivity index (χ2n) is 6.60. The van der Waals surface area contributed by atoms with Crippen molar-refractivity contribution in [2.45, 2.75) is 24.3 Å². The first-order valence-corrected chi connectivity index (χ1v) is 12.0. The van der Waals surface area contributed by atoms with Gasteiger partial charge in [0.2, 0.25) is 0 Å². The molecule has 3 aromatic carbocycles. The van der Waals surface area contributed by atoms with Crippen LogP contribution in [0.1, 0.15) is 13.3 Å². The smallest absolute Gasteiger partial charge is 0.265 e. The highest BCUT2D eigenvalue weighted by Crippen LogP contribution is 2.22. The normalized spacial score (nSPS) is 12.1. The van der Waals surface area contributed by atoms with Gasteiger partial charge < -0.3 is 10.1 Å². The molecule has 0 bridgehead atoms. The van der Waals surface area contributed by atoms with E-state index in [0.29, 0.717) is 28.6 Å². The average Bonchev–Trinajstić information content (AvgIpc) is 2.74. The van der Waals surface area contributed by atoms with Gasteiger partial charge in [-0.1, -0.05) is 40.5 Å². The van der Waals surface area contributed by atoms with E-state index in [1.807, 2.05) is 6.92 Å². The van der Waals surface area contributed by atoms with Crippen molar-refractivity contribution in [3.63, 3.8) is 0 Å². The quantitative estimate of drug-likeness (QED) is 0.397. The maximum absolute atomic E-state index is 12.6. The van der Waals surface area contributed by atoms with Gasteiger partial charge in [0.25, 0.3) is 15.9 Å². The van der Waals surface area contributed by atoms with Gasteiger partial charge in [0.1, 0.15) is 5.75 Å². The number of anilines is 2. The summed E-state index contributed by atoms with van der Waals surface area (Å²) in [5, 5.41) is 3.26. The van der Waals surface area contributed by atoms with E-state index in [2.05, 4.69) is 26.0 Å². The Morgan fingerprint density at radius 2 is 1.68 bits per heavy atom. The fourth-order valence-electron chi connectivity index (χ4n) is 2.70. The first-order valence-electron chi connectivity index (χ1n) is 9.38. The van der Waals surface area contributed by atoms with E-state index in [4.69, 9.17) is 16.3 Å². The number of amides is 1. The van der Waals surface area contributed by atoms with Crippen LogP contribution < -0.4 is 14.8 Å². The van der Waals surface area contributed by atoms with Gasteiger partial charge in [-0.25, -0.2) is 8.42 Å². The van der Waals surface area contributed by atoms with Gasteiger partial charge in [-0.15, -0.1) is 0 Å². The van der Waals surface area contributed by atoms with Crippen LogP contribution in [-0.2, 0) is 14.8 Å². The second kappa shape index (κ2) is 10.2. The van der Waals surface area contributed by atoms with Gasteiger partial charge in [-0.2, -0.15) is 0 Å². The van der Waals surface area contributed by atoms with Gasteiger partial charge in [-0.05, 0) is 73.2 Å². The van der Waals surface area contributed by atoms with E-state index in [1.54, 1.807) is 48.5 Å². The van der Waals surface area contributed by atoms with Gasteiger partial charge in [0.05, 0.1) is 4.90 Å². The van der Waals surface area contributed by atoms with Crippen molar-refractivity contribution in [1.82, 2.24) is 0 Å². The number of halogens is 2. The Morgan fingerprint density at radius 1 is 1.03 bits per heavy atom. The number of rotatable bonds is 8. The molecule has 0 saturated heterocycles. The van der Waals surface area contributed by atoms with Crippen LogP contribution in [0.4, 0.5) is 11.4 Å². The largest absolute Gasteiger partial charge is 0.481 e. The van der Waals surface area contributed by atoms with E-state index in [0.717, 1.165) is 4.47 Å². The molecule has 0 unspecified atom stereocenters. The predicted octanol–water partition coefficient (Wildman–Crippen LogP) is 5.70. The molecule has 2 N–H and O–H groups in total. The highest BCUT2D eigenvalue weighted by Gasteiger charge is 2.19. The molecule has 9 heteroatoms. The molecule has 0 spiro atoms. The van der Waals surface area contributed by atoms with Crippen molar-refractivity contribution in [2.75, 3.05) is 10.0 Å². The van der Waals surface area contributed by atoms with Crippen LogP contribution in [0, 0.1) is 0 Å². The summed E-state index contributed by atoms with van der Waals surface area (Å²) in [6.45, 7) is 1.83. The Morgan fingerprint density at radius 3 is 2.29 bits per heavy atom. The third kappa shape index (κ3) is 6.46. The number of hydrogen-bond donors (Lipinski definition) is 2. The lowest BCUT2D eigenvalue weighted by molar-refractivity contribution is -0.122. The standard InChI is InChI=1S/C22H20BrClN2O4S/c1-2-21(30-19-5-3-4-16(24)14-19)22(27)25-17-10-12-20(13-11-17)31(28,29)26-18-8-6-15(23)7-9-18/h3-14,21,26H,2H2,1H3,(H,25,27)/t21-/m0/s1. The Kier molecular flexibility index (Phi) is 7.59. The molecular weight excluding hydrogens is 504 g/mol. The molecule has 0 aliphatic heterocycles. The summed E-state index contributed by atoms with van der Waals surface area (Å²) in [6.07, 6.45) is -0.275. The highest BCUT2D eigenvalue weighted by atomic mass is 79.9. The van der Waals surface area contributed by atoms with Gasteiger partial charge in [0, 0.05) is 20.9 Å². The minimum Gasteiger partial charge on any atom is -0.481 e.